The van der Waals surface area contributed by atoms with E-state index in [1.807, 2.05) is 0 Å². The number of halogens is 2. The molecule has 0 aliphatic heterocycles. The fourth-order valence-electron chi connectivity index (χ4n) is 1.33. The lowest BCUT2D eigenvalue weighted by atomic mass is 10.3. The Bertz CT molecular complexity index is 576. The zero-order valence-electron chi connectivity index (χ0n) is 10.3. The van der Waals surface area contributed by atoms with Gasteiger partial charge in [0.05, 0.1) is 0 Å². The van der Waals surface area contributed by atoms with Gasteiger partial charge < -0.3 is 10.1 Å². The average Bonchev–Trinajstić information content (AvgIpc) is 2.30. The summed E-state index contributed by atoms with van der Waals surface area (Å²) in [6.45, 7) is 3.59. The summed E-state index contributed by atoms with van der Waals surface area (Å²) < 4.78 is 40.8. The lowest BCUT2D eigenvalue weighted by molar-refractivity contribution is -0.127. The van der Waals surface area contributed by atoms with Gasteiger partial charge in [0.15, 0.2) is 6.10 Å². The molecule has 0 aliphatic rings. The first-order chi connectivity index (χ1) is 8.75. The lowest BCUT2D eigenvalue weighted by Crippen LogP contribution is -2.36. The van der Waals surface area contributed by atoms with Gasteiger partial charge in [-0.05, 0) is 32.0 Å². The van der Waals surface area contributed by atoms with Crippen molar-refractivity contribution in [3.05, 3.63) is 24.0 Å². The molecule has 0 aliphatic carbocycles. The molecule has 1 unspecified atom stereocenters. The fourth-order valence-corrected chi connectivity index (χ4v) is 2.30. The highest BCUT2D eigenvalue weighted by atomic mass is 35.7. The summed E-state index contributed by atoms with van der Waals surface area (Å²) in [5.74, 6) is -1.35. The Morgan fingerprint density at radius 1 is 1.53 bits per heavy atom. The number of hydrogen-bond donors (Lipinski definition) is 1. The lowest BCUT2D eigenvalue weighted by Gasteiger charge is -2.15. The Balaban J connectivity index is 3.05. The molecule has 0 spiro atoms. The Morgan fingerprint density at radius 3 is 2.68 bits per heavy atom. The van der Waals surface area contributed by atoms with Gasteiger partial charge in [0.2, 0.25) is 0 Å². The number of nitrogens with one attached hydrogen (secondary N) is 1. The maximum absolute atomic E-state index is 13.0. The third-order valence-electron chi connectivity index (χ3n) is 2.19. The van der Waals surface area contributed by atoms with E-state index in [1.54, 1.807) is 6.92 Å². The molecule has 0 fully saturated rings. The van der Waals surface area contributed by atoms with E-state index in [9.17, 15) is 17.6 Å². The van der Waals surface area contributed by atoms with Crippen LogP contribution in [0.2, 0.25) is 0 Å². The Labute approximate surface area is 115 Å². The van der Waals surface area contributed by atoms with E-state index in [0.717, 1.165) is 18.2 Å². The topological polar surface area (TPSA) is 72.5 Å². The third kappa shape index (κ3) is 4.36. The van der Waals surface area contributed by atoms with Gasteiger partial charge in [0, 0.05) is 17.2 Å². The molecule has 1 atom stereocenters. The second kappa shape index (κ2) is 6.21. The summed E-state index contributed by atoms with van der Waals surface area (Å²) >= 11 is 0. The van der Waals surface area contributed by atoms with Crippen LogP contribution in [-0.4, -0.2) is 27.0 Å². The van der Waals surface area contributed by atoms with Crippen molar-refractivity contribution in [3.8, 4) is 5.75 Å². The van der Waals surface area contributed by atoms with Gasteiger partial charge in [0.1, 0.15) is 16.5 Å². The van der Waals surface area contributed by atoms with Crippen molar-refractivity contribution in [3.63, 3.8) is 0 Å². The minimum absolute atomic E-state index is 0.171. The second-order valence-corrected chi connectivity index (χ2v) is 6.22. The molecule has 1 amide bonds. The number of carbonyl (C=O) groups is 1. The smallest absolute Gasteiger partial charge is 0.265 e. The van der Waals surface area contributed by atoms with Crippen LogP contribution in [0.15, 0.2) is 23.1 Å². The highest BCUT2D eigenvalue weighted by Gasteiger charge is 2.21. The SMILES string of the molecule is CCNC(=O)C(C)Oc1ccc(F)cc1S(=O)(=O)Cl. The molecule has 19 heavy (non-hydrogen) atoms. The van der Waals surface area contributed by atoms with Crippen LogP contribution in [0, 0.1) is 5.82 Å². The highest BCUT2D eigenvalue weighted by molar-refractivity contribution is 8.13. The third-order valence-corrected chi connectivity index (χ3v) is 3.54. The highest BCUT2D eigenvalue weighted by Crippen LogP contribution is 2.28. The maximum atomic E-state index is 13.0. The molecule has 0 saturated heterocycles. The summed E-state index contributed by atoms with van der Waals surface area (Å²) in [7, 11) is 1.02. The summed E-state index contributed by atoms with van der Waals surface area (Å²) in [5.41, 5.74) is 0. The summed E-state index contributed by atoms with van der Waals surface area (Å²) in [6.07, 6.45) is -0.928. The van der Waals surface area contributed by atoms with Crippen molar-refractivity contribution in [2.45, 2.75) is 24.8 Å². The van der Waals surface area contributed by atoms with Gasteiger partial charge in [-0.3, -0.25) is 4.79 Å². The normalized spacial score (nSPS) is 12.8. The molecule has 1 aromatic carbocycles. The van der Waals surface area contributed by atoms with E-state index in [1.165, 1.54) is 6.92 Å². The number of amides is 1. The van der Waals surface area contributed by atoms with Crippen LogP contribution in [0.4, 0.5) is 4.39 Å². The predicted molar refractivity (Wildman–Crippen MR) is 68.2 cm³/mol. The van der Waals surface area contributed by atoms with Crippen molar-refractivity contribution in [2.24, 2.45) is 0 Å². The van der Waals surface area contributed by atoms with Gasteiger partial charge >= 0.3 is 0 Å². The van der Waals surface area contributed by atoms with Crippen LogP contribution >= 0.6 is 10.7 Å². The number of carbonyl (C=O) groups excluding carboxylic acids is 1. The van der Waals surface area contributed by atoms with Crippen LogP contribution in [-0.2, 0) is 13.8 Å². The number of hydrogen-bond acceptors (Lipinski definition) is 4. The molecule has 0 radical (unpaired) electrons. The van der Waals surface area contributed by atoms with Gasteiger partial charge in [-0.2, -0.15) is 0 Å². The Morgan fingerprint density at radius 2 is 2.16 bits per heavy atom. The molecule has 0 aromatic heterocycles. The van der Waals surface area contributed by atoms with E-state index >= 15 is 0 Å². The van der Waals surface area contributed by atoms with Crippen LogP contribution in [0.25, 0.3) is 0 Å². The van der Waals surface area contributed by atoms with Crippen molar-refractivity contribution in [1.82, 2.24) is 5.32 Å². The fraction of sp³-hybridized carbons (Fsp3) is 0.364. The molecule has 1 rings (SSSR count). The zero-order chi connectivity index (χ0) is 14.6. The average molecular weight is 310 g/mol. The predicted octanol–water partition coefficient (Wildman–Crippen LogP) is 1.66. The van der Waals surface area contributed by atoms with E-state index in [2.05, 4.69) is 5.32 Å². The molecule has 106 valence electrons. The van der Waals surface area contributed by atoms with Crippen LogP contribution in [0.1, 0.15) is 13.8 Å². The van der Waals surface area contributed by atoms with Crippen molar-refractivity contribution in [2.75, 3.05) is 6.54 Å². The maximum Gasteiger partial charge on any atom is 0.265 e. The van der Waals surface area contributed by atoms with Gasteiger partial charge in [0.25, 0.3) is 15.0 Å². The minimum atomic E-state index is -4.16. The zero-order valence-corrected chi connectivity index (χ0v) is 11.9. The van der Waals surface area contributed by atoms with Gasteiger partial charge in [-0.15, -0.1) is 0 Å². The standard InChI is InChI=1S/C11H13ClFNO4S/c1-3-14-11(15)7(2)18-9-5-4-8(13)6-10(9)19(12,16)17/h4-7H,3H2,1-2H3,(H,14,15). The first-order valence-corrected chi connectivity index (χ1v) is 7.75. The number of rotatable bonds is 5. The summed E-state index contributed by atoms with van der Waals surface area (Å²) in [5, 5.41) is 2.51. The van der Waals surface area contributed by atoms with Gasteiger partial charge in [-0.1, -0.05) is 0 Å². The summed E-state index contributed by atoms with van der Waals surface area (Å²) in [6, 6.07) is 2.87. The van der Waals surface area contributed by atoms with E-state index < -0.39 is 31.8 Å². The summed E-state index contributed by atoms with van der Waals surface area (Å²) in [4.78, 5) is 11.0. The Hall–Kier alpha value is -1.34. The molecule has 0 saturated carbocycles. The molecule has 0 bridgehead atoms. The van der Waals surface area contributed by atoms with Crippen LogP contribution < -0.4 is 10.1 Å². The minimum Gasteiger partial charge on any atom is -0.479 e. The Kier molecular flexibility index (Phi) is 5.13. The molecule has 1 N–H and O–H groups in total. The number of likely N-dealkylation sites (N-methyl/N-ethyl adjacent to an activating group) is 1. The number of ether oxygens (including phenoxy) is 1. The quantitative estimate of drug-likeness (QED) is 0.840. The van der Waals surface area contributed by atoms with Gasteiger partial charge in [-0.25, -0.2) is 12.8 Å². The molecular formula is C11H13ClFNO4S. The van der Waals surface area contributed by atoms with E-state index in [0.29, 0.717) is 6.54 Å². The second-order valence-electron chi connectivity index (χ2n) is 3.68. The molecular weight excluding hydrogens is 297 g/mol. The van der Waals surface area contributed by atoms with Crippen molar-refractivity contribution in [1.29, 1.82) is 0 Å². The van der Waals surface area contributed by atoms with Crippen molar-refractivity contribution >= 4 is 25.6 Å². The van der Waals surface area contributed by atoms with Crippen LogP contribution in [0.3, 0.4) is 0 Å². The first kappa shape index (κ1) is 15.7. The van der Waals surface area contributed by atoms with Crippen molar-refractivity contribution < 1.29 is 22.3 Å². The van der Waals surface area contributed by atoms with E-state index in [-0.39, 0.29) is 5.75 Å². The van der Waals surface area contributed by atoms with Crippen LogP contribution in [0.5, 0.6) is 5.75 Å². The number of benzene rings is 1. The molecule has 1 aromatic rings. The first-order valence-electron chi connectivity index (χ1n) is 5.44. The molecule has 0 heterocycles. The molecule has 8 heteroatoms. The van der Waals surface area contributed by atoms with E-state index in [4.69, 9.17) is 15.4 Å². The molecule has 5 nitrogen and oxygen atoms in total. The monoisotopic (exact) mass is 309 g/mol. The largest absolute Gasteiger partial charge is 0.479 e.